The predicted molar refractivity (Wildman–Crippen MR) is 151 cm³/mol. The van der Waals surface area contributed by atoms with Crippen molar-refractivity contribution in [2.75, 3.05) is 23.8 Å². The Morgan fingerprint density at radius 3 is 2.37 bits per heavy atom. The number of amides is 3. The summed E-state index contributed by atoms with van der Waals surface area (Å²) in [6, 6.07) is 11.6. The number of ether oxygens (including phenoxy) is 1. The first-order valence-corrected chi connectivity index (χ1v) is 13.3. The summed E-state index contributed by atoms with van der Waals surface area (Å²) in [6.45, 7) is 10.8. The number of hydrogen-bond acceptors (Lipinski definition) is 7. The van der Waals surface area contributed by atoms with Crippen LogP contribution in [-0.2, 0) is 4.79 Å². The van der Waals surface area contributed by atoms with Crippen LogP contribution in [0.15, 0.2) is 42.5 Å². The number of nitrogens with one attached hydrogen (secondary N) is 1. The maximum Gasteiger partial charge on any atom is 0.273 e. The minimum Gasteiger partial charge on any atom is -0.494 e. The summed E-state index contributed by atoms with van der Waals surface area (Å²) in [5.74, 6) is -0.690. The Kier molecular flexibility index (Phi) is 9.46. The van der Waals surface area contributed by atoms with E-state index in [1.807, 2.05) is 32.9 Å². The Bertz CT molecular complexity index is 1300. The summed E-state index contributed by atoms with van der Waals surface area (Å²) in [4.78, 5) is 41.3. The zero-order valence-corrected chi connectivity index (χ0v) is 23.2. The predicted octanol–water partition coefficient (Wildman–Crippen LogP) is 4.39. The molecule has 0 spiro atoms. The van der Waals surface area contributed by atoms with Crippen LogP contribution in [0.1, 0.15) is 70.1 Å². The summed E-state index contributed by atoms with van der Waals surface area (Å²) in [7, 11) is 0. The average Bonchev–Trinajstić information content (AvgIpc) is 3.26. The van der Waals surface area contributed by atoms with Gasteiger partial charge in [-0.05, 0) is 79.5 Å². The molecule has 1 heterocycles. The largest absolute Gasteiger partial charge is 0.494 e. The normalized spacial score (nSPS) is 11.7. The van der Waals surface area contributed by atoms with E-state index >= 15 is 0 Å². The number of carbonyl (C=O) groups is 3. The van der Waals surface area contributed by atoms with Crippen LogP contribution < -0.4 is 26.4 Å². The number of nitrogens with two attached hydrogens (primary N) is 2. The van der Waals surface area contributed by atoms with Crippen molar-refractivity contribution in [3.05, 3.63) is 69.7 Å². The van der Waals surface area contributed by atoms with Crippen molar-refractivity contribution in [3.63, 3.8) is 0 Å². The van der Waals surface area contributed by atoms with Gasteiger partial charge in [0.2, 0.25) is 5.91 Å². The number of anilines is 2. The Labute approximate surface area is 227 Å². The van der Waals surface area contributed by atoms with E-state index in [2.05, 4.69) is 23.5 Å². The number of primary amides is 1. The number of nitrogen functional groups attached to an aromatic ring is 1. The molecule has 3 rings (SSSR count). The van der Waals surface area contributed by atoms with Crippen LogP contribution in [0.3, 0.4) is 0 Å². The first-order chi connectivity index (χ1) is 18.1. The monoisotopic (exact) mass is 537 g/mol. The van der Waals surface area contributed by atoms with Crippen LogP contribution in [0.5, 0.6) is 5.75 Å². The van der Waals surface area contributed by atoms with Crippen molar-refractivity contribution in [3.8, 4) is 5.75 Å². The topological polar surface area (TPSA) is 141 Å². The highest BCUT2D eigenvalue weighted by Gasteiger charge is 2.36. The van der Waals surface area contributed by atoms with Gasteiger partial charge >= 0.3 is 0 Å². The molecule has 0 aliphatic rings. The molecular weight excluding hydrogens is 502 g/mol. The zero-order valence-electron chi connectivity index (χ0n) is 22.4. The van der Waals surface area contributed by atoms with Gasteiger partial charge in [0.05, 0.1) is 12.3 Å². The molecule has 1 atom stereocenters. The zero-order chi connectivity index (χ0) is 28.0. The second-order valence-corrected chi connectivity index (χ2v) is 10.2. The molecule has 0 saturated carbocycles. The van der Waals surface area contributed by atoms with Gasteiger partial charge in [0, 0.05) is 12.2 Å². The van der Waals surface area contributed by atoms with Gasteiger partial charge in [-0.15, -0.1) is 0 Å². The molecule has 38 heavy (non-hydrogen) atoms. The molecular formula is C28H35N5O4S. The molecule has 10 heteroatoms. The van der Waals surface area contributed by atoms with Gasteiger partial charge in [0.25, 0.3) is 11.8 Å². The number of carbonyl (C=O) groups excluding carboxylic acids is 3. The van der Waals surface area contributed by atoms with Crippen molar-refractivity contribution < 1.29 is 19.1 Å². The van der Waals surface area contributed by atoms with Gasteiger partial charge < -0.3 is 21.5 Å². The lowest BCUT2D eigenvalue weighted by Crippen LogP contribution is -2.44. The molecule has 0 radical (unpaired) electrons. The molecule has 0 aliphatic carbocycles. The quantitative estimate of drug-likeness (QED) is 0.331. The van der Waals surface area contributed by atoms with Crippen molar-refractivity contribution in [2.24, 2.45) is 11.7 Å². The number of rotatable bonds is 11. The maximum absolute atomic E-state index is 14.2. The van der Waals surface area contributed by atoms with Gasteiger partial charge in [0.1, 0.15) is 16.7 Å². The van der Waals surface area contributed by atoms with E-state index in [9.17, 15) is 14.4 Å². The fourth-order valence-corrected chi connectivity index (χ4v) is 4.75. The summed E-state index contributed by atoms with van der Waals surface area (Å²) in [6.07, 6.45) is 0.781. The van der Waals surface area contributed by atoms with Gasteiger partial charge in [0.15, 0.2) is 5.69 Å². The molecule has 0 unspecified atom stereocenters. The van der Waals surface area contributed by atoms with Crippen molar-refractivity contribution >= 4 is 40.6 Å². The first kappa shape index (κ1) is 28.6. The second kappa shape index (κ2) is 12.6. The number of hydrogen-bond donors (Lipinski definition) is 3. The van der Waals surface area contributed by atoms with E-state index in [1.54, 1.807) is 30.3 Å². The Hall–Kier alpha value is -3.92. The van der Waals surface area contributed by atoms with E-state index in [0.717, 1.165) is 29.1 Å². The summed E-state index contributed by atoms with van der Waals surface area (Å²) in [5, 5.41) is 3.00. The lowest BCUT2D eigenvalue weighted by molar-refractivity contribution is -0.122. The third kappa shape index (κ3) is 6.31. The van der Waals surface area contributed by atoms with Crippen LogP contribution in [-0.4, -0.2) is 35.2 Å². The maximum atomic E-state index is 14.2. The highest BCUT2D eigenvalue weighted by atomic mass is 32.1. The van der Waals surface area contributed by atoms with E-state index in [4.69, 9.17) is 16.2 Å². The standard InChI is InChI=1S/C28H35N5O4S/c1-6-37-20-12-10-19(11-13-20)24(27(35)31-15-14-16(2)3)33(21-9-7-8-17(4)18(21)5)28(36)25-22(29)23(26(30)34)32-38-25/h7-13,16,24H,6,14-15,29H2,1-5H3,(H2,30,34)(H,31,35)/t24-/m0/s1. The molecule has 202 valence electrons. The Balaban J connectivity index is 2.20. The van der Waals surface area contributed by atoms with Crippen LogP contribution in [0.4, 0.5) is 11.4 Å². The third-order valence-electron chi connectivity index (χ3n) is 6.24. The van der Waals surface area contributed by atoms with Crippen LogP contribution >= 0.6 is 11.5 Å². The molecule has 0 fully saturated rings. The second-order valence-electron chi connectivity index (χ2n) is 9.41. The van der Waals surface area contributed by atoms with E-state index in [-0.39, 0.29) is 22.2 Å². The number of aryl methyl sites for hydroxylation is 1. The number of aromatic nitrogens is 1. The number of benzene rings is 2. The highest BCUT2D eigenvalue weighted by Crippen LogP contribution is 2.36. The number of nitrogens with zero attached hydrogens (tertiary/aromatic N) is 2. The third-order valence-corrected chi connectivity index (χ3v) is 7.10. The highest BCUT2D eigenvalue weighted by molar-refractivity contribution is 7.09. The molecule has 9 nitrogen and oxygen atoms in total. The molecule has 1 aromatic heterocycles. The van der Waals surface area contributed by atoms with Crippen molar-refractivity contribution in [2.45, 2.75) is 47.1 Å². The average molecular weight is 538 g/mol. The molecule has 0 saturated heterocycles. The smallest absolute Gasteiger partial charge is 0.273 e. The van der Waals surface area contributed by atoms with Gasteiger partial charge in [-0.2, -0.15) is 4.37 Å². The minimum absolute atomic E-state index is 0.0330. The first-order valence-electron chi connectivity index (χ1n) is 12.5. The van der Waals surface area contributed by atoms with Crippen LogP contribution in [0.2, 0.25) is 0 Å². The molecule has 2 aromatic carbocycles. The van der Waals surface area contributed by atoms with Crippen molar-refractivity contribution in [1.82, 2.24) is 9.69 Å². The van der Waals surface area contributed by atoms with E-state index < -0.39 is 17.9 Å². The molecule has 0 aliphatic heterocycles. The fourth-order valence-electron chi connectivity index (χ4n) is 4.01. The van der Waals surface area contributed by atoms with Gasteiger partial charge in [-0.25, -0.2) is 0 Å². The van der Waals surface area contributed by atoms with Crippen LogP contribution in [0.25, 0.3) is 0 Å². The summed E-state index contributed by atoms with van der Waals surface area (Å²) >= 11 is 0.782. The van der Waals surface area contributed by atoms with Gasteiger partial charge in [-0.1, -0.05) is 38.1 Å². The molecule has 5 N–H and O–H groups in total. The SMILES string of the molecule is CCOc1ccc([C@@H](C(=O)NCCC(C)C)N(C(=O)c2snc(C(N)=O)c2N)c2cccc(C)c2C)cc1. The summed E-state index contributed by atoms with van der Waals surface area (Å²) in [5.41, 5.74) is 14.2. The van der Waals surface area contributed by atoms with E-state index in [0.29, 0.717) is 36.1 Å². The Morgan fingerprint density at radius 2 is 1.79 bits per heavy atom. The minimum atomic E-state index is -1.04. The van der Waals surface area contributed by atoms with Crippen LogP contribution in [0, 0.1) is 19.8 Å². The van der Waals surface area contributed by atoms with Crippen molar-refractivity contribution in [1.29, 1.82) is 0 Å². The molecule has 3 amide bonds. The lowest BCUT2D eigenvalue weighted by Gasteiger charge is -2.33. The van der Waals surface area contributed by atoms with Gasteiger partial charge in [-0.3, -0.25) is 19.3 Å². The fraction of sp³-hybridized carbons (Fsp3) is 0.357. The van der Waals surface area contributed by atoms with E-state index in [1.165, 1.54) is 4.90 Å². The lowest BCUT2D eigenvalue weighted by atomic mass is 9.99. The molecule has 0 bridgehead atoms. The summed E-state index contributed by atoms with van der Waals surface area (Å²) < 4.78 is 9.59. The molecule has 3 aromatic rings. The Morgan fingerprint density at radius 1 is 1.11 bits per heavy atom.